The van der Waals surface area contributed by atoms with Crippen LogP contribution >= 0.6 is 11.6 Å². The van der Waals surface area contributed by atoms with Gasteiger partial charge < -0.3 is 5.32 Å². The molecule has 25 heavy (non-hydrogen) atoms. The monoisotopic (exact) mass is 390 g/mol. The number of hydroxylamine groups is 2. The minimum atomic E-state index is -4.03. The summed E-state index contributed by atoms with van der Waals surface area (Å²) in [5.41, 5.74) is 0.437. The van der Waals surface area contributed by atoms with Crippen LogP contribution in [-0.4, -0.2) is 47.3 Å². The topological polar surface area (TPSA) is 104 Å². The summed E-state index contributed by atoms with van der Waals surface area (Å²) < 4.78 is 39.6. The van der Waals surface area contributed by atoms with E-state index in [1.165, 1.54) is 12.1 Å². The molecule has 4 unspecified atom stereocenters. The van der Waals surface area contributed by atoms with Crippen LogP contribution in [0.1, 0.15) is 18.4 Å². The number of benzene rings is 1. The fourth-order valence-corrected chi connectivity index (χ4v) is 5.90. The third-order valence-electron chi connectivity index (χ3n) is 4.62. The van der Waals surface area contributed by atoms with E-state index in [4.69, 9.17) is 11.6 Å². The minimum absolute atomic E-state index is 0.0854. The highest BCUT2D eigenvalue weighted by Gasteiger charge is 2.53. The molecule has 1 aromatic carbocycles. The molecule has 2 fully saturated rings. The number of rotatable bonds is 2. The second-order valence-electron chi connectivity index (χ2n) is 6.29. The molecular weight excluding hydrogens is 375 g/mol. The maximum Gasteiger partial charge on any atom is 0.348 e. The van der Waals surface area contributed by atoms with E-state index >= 15 is 0 Å². The smallest absolute Gasteiger partial charge is 0.331 e. The molecule has 0 aromatic heterocycles. The molecule has 1 aliphatic carbocycles. The zero-order valence-corrected chi connectivity index (χ0v) is 14.7. The van der Waals surface area contributed by atoms with Crippen LogP contribution in [0.25, 0.3) is 0 Å². The molecule has 0 bridgehead atoms. The lowest BCUT2D eigenvalue weighted by Gasteiger charge is -2.43. The first kappa shape index (κ1) is 18.1. The van der Waals surface area contributed by atoms with Crippen molar-refractivity contribution in [3.63, 3.8) is 0 Å². The highest BCUT2D eigenvalue weighted by Crippen LogP contribution is 2.38. The van der Waals surface area contributed by atoms with Crippen molar-refractivity contribution in [3.05, 3.63) is 29.6 Å². The number of urea groups is 1. The van der Waals surface area contributed by atoms with Crippen LogP contribution in [0.4, 0.5) is 9.18 Å². The van der Waals surface area contributed by atoms with Crippen LogP contribution in [0.3, 0.4) is 0 Å². The van der Waals surface area contributed by atoms with E-state index in [1.54, 1.807) is 6.92 Å². The van der Waals surface area contributed by atoms with Crippen molar-refractivity contribution in [3.8, 4) is 0 Å². The third-order valence-corrected chi connectivity index (χ3v) is 7.33. The molecule has 0 spiro atoms. The molecule has 1 aromatic rings. The third kappa shape index (κ3) is 3.00. The summed E-state index contributed by atoms with van der Waals surface area (Å²) in [6.45, 7) is 1.57. The molecule has 10 heteroatoms. The zero-order chi connectivity index (χ0) is 18.5. The predicted molar refractivity (Wildman–Crippen MR) is 85.4 cm³/mol. The summed E-state index contributed by atoms with van der Waals surface area (Å²) >= 11 is 6.15. The van der Waals surface area contributed by atoms with Crippen LogP contribution in [-0.2, 0) is 14.6 Å². The van der Waals surface area contributed by atoms with Gasteiger partial charge in [-0.3, -0.25) is 10.0 Å². The van der Waals surface area contributed by atoms with Crippen molar-refractivity contribution in [2.75, 3.05) is 0 Å². The van der Waals surface area contributed by atoms with E-state index in [0.717, 1.165) is 6.07 Å². The minimum Gasteiger partial charge on any atom is -0.331 e. The number of amides is 3. The van der Waals surface area contributed by atoms with Gasteiger partial charge >= 0.3 is 6.03 Å². The van der Waals surface area contributed by atoms with Gasteiger partial charge in [0.15, 0.2) is 9.84 Å². The van der Waals surface area contributed by atoms with Gasteiger partial charge in [0.05, 0.1) is 22.1 Å². The predicted octanol–water partition coefficient (Wildman–Crippen LogP) is 1.60. The highest BCUT2D eigenvalue weighted by atomic mass is 35.5. The van der Waals surface area contributed by atoms with Gasteiger partial charge in [-0.25, -0.2) is 17.6 Å². The van der Waals surface area contributed by atoms with Crippen LogP contribution in [0.2, 0.25) is 0 Å². The number of sulfone groups is 1. The number of carbonyl (C=O) groups is 2. The van der Waals surface area contributed by atoms with Crippen LogP contribution in [0.15, 0.2) is 23.1 Å². The fourth-order valence-electron chi connectivity index (χ4n) is 3.46. The SMILES string of the molecule is Cc1cc(F)cc(S(=O)(=O)C2CCC(Cl)C3C(=O)N(O)C(=O)NC32)c1. The Morgan fingerprint density at radius 2 is 1.96 bits per heavy atom. The molecule has 1 aliphatic heterocycles. The van der Waals surface area contributed by atoms with Gasteiger partial charge in [0, 0.05) is 5.38 Å². The van der Waals surface area contributed by atoms with Crippen LogP contribution in [0, 0.1) is 18.7 Å². The second kappa shape index (κ2) is 6.22. The van der Waals surface area contributed by atoms with Crippen molar-refractivity contribution in [2.45, 2.75) is 41.3 Å². The van der Waals surface area contributed by atoms with Crippen molar-refractivity contribution in [1.29, 1.82) is 0 Å². The maximum absolute atomic E-state index is 13.6. The summed E-state index contributed by atoms with van der Waals surface area (Å²) in [5.74, 6) is -2.71. The number of fused-ring (bicyclic) bond motifs is 1. The number of aryl methyl sites for hydroxylation is 1. The van der Waals surface area contributed by atoms with Crippen molar-refractivity contribution in [1.82, 2.24) is 10.4 Å². The van der Waals surface area contributed by atoms with E-state index in [0.29, 0.717) is 5.56 Å². The first-order valence-corrected chi connectivity index (χ1v) is 9.59. The molecule has 4 atom stereocenters. The lowest BCUT2D eigenvalue weighted by atomic mass is 9.82. The molecular formula is C15H16ClFN2O5S. The largest absolute Gasteiger partial charge is 0.348 e. The van der Waals surface area contributed by atoms with Crippen molar-refractivity contribution in [2.24, 2.45) is 5.92 Å². The number of hydrogen-bond acceptors (Lipinski definition) is 5. The summed E-state index contributed by atoms with van der Waals surface area (Å²) in [6.07, 6.45) is 0.308. The van der Waals surface area contributed by atoms with Gasteiger partial charge in [0.1, 0.15) is 5.82 Å². The van der Waals surface area contributed by atoms with E-state index in [-0.39, 0.29) is 22.8 Å². The summed E-state index contributed by atoms with van der Waals surface area (Å²) in [7, 11) is -4.03. The van der Waals surface area contributed by atoms with Crippen molar-refractivity contribution < 1.29 is 27.6 Å². The first-order valence-electron chi connectivity index (χ1n) is 7.61. The van der Waals surface area contributed by atoms with Gasteiger partial charge in [0.25, 0.3) is 5.91 Å². The number of halogens is 2. The standard InChI is InChI=1S/C15H16ClFN2O5S/c1-7-4-8(17)6-9(5-7)25(23,24)11-3-2-10(16)12-13(11)18-15(21)19(22)14(12)20/h4-6,10-13,22H,2-3H2,1H3,(H,18,21). The number of nitrogens with one attached hydrogen (secondary N) is 1. The lowest BCUT2D eigenvalue weighted by molar-refractivity contribution is -0.163. The molecule has 3 rings (SSSR count). The van der Waals surface area contributed by atoms with E-state index < -0.39 is 50.2 Å². The molecule has 1 saturated heterocycles. The van der Waals surface area contributed by atoms with Gasteiger partial charge in [-0.1, -0.05) is 0 Å². The molecule has 1 heterocycles. The summed E-state index contributed by atoms with van der Waals surface area (Å²) in [6, 6.07) is 1.26. The Kier molecular flexibility index (Phi) is 4.50. The molecule has 0 radical (unpaired) electrons. The lowest BCUT2D eigenvalue weighted by Crippen LogP contribution is -2.67. The quantitative estimate of drug-likeness (QED) is 0.589. The highest BCUT2D eigenvalue weighted by molar-refractivity contribution is 7.92. The fraction of sp³-hybridized carbons (Fsp3) is 0.467. The zero-order valence-electron chi connectivity index (χ0n) is 13.1. The molecule has 2 N–H and O–H groups in total. The normalized spacial score (nSPS) is 30.0. The number of hydrogen-bond donors (Lipinski definition) is 2. The first-order chi connectivity index (χ1) is 11.6. The molecule has 3 amide bonds. The number of nitrogens with zero attached hydrogens (tertiary/aromatic N) is 1. The summed E-state index contributed by atoms with van der Waals surface area (Å²) in [5, 5.41) is 9.88. The summed E-state index contributed by atoms with van der Waals surface area (Å²) in [4.78, 5) is 23.7. The number of imide groups is 1. The Balaban J connectivity index is 2.04. The molecule has 1 saturated carbocycles. The van der Waals surface area contributed by atoms with E-state index in [9.17, 15) is 27.6 Å². The van der Waals surface area contributed by atoms with Crippen molar-refractivity contribution >= 4 is 33.4 Å². The number of alkyl halides is 1. The van der Waals surface area contributed by atoms with Crippen LogP contribution in [0.5, 0.6) is 0 Å². The Bertz CT molecular complexity index is 826. The number of carbonyl (C=O) groups excluding carboxylic acids is 2. The van der Waals surface area contributed by atoms with E-state index in [1.807, 2.05) is 0 Å². The Morgan fingerprint density at radius 1 is 1.28 bits per heavy atom. The van der Waals surface area contributed by atoms with Crippen LogP contribution < -0.4 is 5.32 Å². The average Bonchev–Trinajstić information content (AvgIpc) is 2.51. The Labute approximate surface area is 148 Å². The second-order valence-corrected chi connectivity index (χ2v) is 9.02. The maximum atomic E-state index is 13.6. The van der Waals surface area contributed by atoms with Gasteiger partial charge in [-0.15, -0.1) is 16.7 Å². The van der Waals surface area contributed by atoms with Gasteiger partial charge in [0.2, 0.25) is 0 Å². The Hall–Kier alpha value is -1.71. The average molecular weight is 391 g/mol. The van der Waals surface area contributed by atoms with Gasteiger partial charge in [-0.05, 0) is 43.5 Å². The van der Waals surface area contributed by atoms with E-state index in [2.05, 4.69) is 5.32 Å². The molecule has 136 valence electrons. The molecule has 7 nitrogen and oxygen atoms in total. The molecule has 2 aliphatic rings. The Morgan fingerprint density at radius 3 is 2.60 bits per heavy atom. The van der Waals surface area contributed by atoms with Gasteiger partial charge in [-0.2, -0.15) is 0 Å².